The molecule has 1 aromatic rings. The van der Waals surface area contributed by atoms with E-state index in [4.69, 9.17) is 5.73 Å². The van der Waals surface area contributed by atoms with Crippen molar-refractivity contribution in [2.45, 2.75) is 57.9 Å². The van der Waals surface area contributed by atoms with E-state index in [1.807, 2.05) is 12.5 Å². The largest absolute Gasteiger partial charge is 0.331 e. The van der Waals surface area contributed by atoms with Gasteiger partial charge in [0.05, 0.1) is 6.33 Å². The Kier molecular flexibility index (Phi) is 3.57. The van der Waals surface area contributed by atoms with Gasteiger partial charge in [-0.3, -0.25) is 0 Å². The number of nitrogens with zero attached hydrogens (tertiary/aromatic N) is 2. The molecule has 0 amide bonds. The summed E-state index contributed by atoms with van der Waals surface area (Å²) in [6.07, 6.45) is 9.19. The first-order valence-corrected chi connectivity index (χ1v) is 6.76. The Morgan fingerprint density at radius 1 is 1.35 bits per heavy atom. The van der Waals surface area contributed by atoms with Gasteiger partial charge < -0.3 is 10.3 Å². The van der Waals surface area contributed by atoms with Gasteiger partial charge in [-0.15, -0.1) is 0 Å². The molecule has 96 valence electrons. The van der Waals surface area contributed by atoms with Crippen molar-refractivity contribution in [3.8, 4) is 0 Å². The lowest BCUT2D eigenvalue weighted by atomic mass is 9.83. The minimum atomic E-state index is 0.160. The van der Waals surface area contributed by atoms with Gasteiger partial charge >= 0.3 is 0 Å². The number of aromatic nitrogens is 2. The van der Waals surface area contributed by atoms with Crippen LogP contribution in [0.4, 0.5) is 0 Å². The molecule has 1 saturated carbocycles. The average molecular weight is 235 g/mol. The van der Waals surface area contributed by atoms with Crippen LogP contribution in [0, 0.1) is 5.92 Å². The molecule has 2 rings (SSSR count). The summed E-state index contributed by atoms with van der Waals surface area (Å²) in [6, 6.07) is 0.561. The third-order valence-electron chi connectivity index (χ3n) is 3.96. The first-order chi connectivity index (χ1) is 8.04. The van der Waals surface area contributed by atoms with Crippen molar-refractivity contribution >= 4 is 0 Å². The quantitative estimate of drug-likeness (QED) is 0.856. The monoisotopic (exact) mass is 235 g/mol. The second-order valence-electron chi connectivity index (χ2n) is 6.28. The second kappa shape index (κ2) is 4.81. The minimum Gasteiger partial charge on any atom is -0.331 e. The molecule has 0 spiro atoms. The number of imidazole rings is 1. The molecule has 0 aromatic carbocycles. The Labute approximate surface area is 104 Å². The molecule has 3 nitrogen and oxygen atoms in total. The fourth-order valence-corrected chi connectivity index (χ4v) is 2.98. The normalized spacial score (nSPS) is 26.1. The van der Waals surface area contributed by atoms with Crippen LogP contribution in [0.3, 0.4) is 0 Å². The summed E-state index contributed by atoms with van der Waals surface area (Å²) in [7, 11) is 0. The summed E-state index contributed by atoms with van der Waals surface area (Å²) in [5, 5.41) is 0. The lowest BCUT2D eigenvalue weighted by Crippen LogP contribution is -2.31. The van der Waals surface area contributed by atoms with Crippen LogP contribution in [0.15, 0.2) is 12.5 Å². The molecule has 0 aliphatic heterocycles. The van der Waals surface area contributed by atoms with Gasteiger partial charge in [-0.2, -0.15) is 0 Å². The molecule has 1 fully saturated rings. The fraction of sp³-hybridized carbons (Fsp3) is 0.786. The van der Waals surface area contributed by atoms with Crippen LogP contribution in [-0.2, 0) is 5.41 Å². The fourth-order valence-electron chi connectivity index (χ4n) is 2.98. The maximum absolute atomic E-state index is 5.93. The molecular weight excluding hydrogens is 210 g/mol. The molecule has 0 saturated heterocycles. The zero-order chi connectivity index (χ0) is 12.5. The summed E-state index contributed by atoms with van der Waals surface area (Å²) in [4.78, 5) is 4.35. The molecule has 1 aliphatic carbocycles. The van der Waals surface area contributed by atoms with E-state index in [0.29, 0.717) is 12.0 Å². The van der Waals surface area contributed by atoms with Crippen LogP contribution in [0.25, 0.3) is 0 Å². The molecule has 0 radical (unpaired) electrons. The maximum atomic E-state index is 5.93. The zero-order valence-electron chi connectivity index (χ0n) is 11.3. The summed E-state index contributed by atoms with van der Waals surface area (Å²) >= 11 is 0. The highest BCUT2D eigenvalue weighted by Crippen LogP contribution is 2.36. The van der Waals surface area contributed by atoms with Gasteiger partial charge in [-0.05, 0) is 25.3 Å². The van der Waals surface area contributed by atoms with Crippen molar-refractivity contribution in [2.75, 3.05) is 6.54 Å². The SMILES string of the molecule is CC(C)(C)c1cncn1C1CCCCC1CN. The van der Waals surface area contributed by atoms with Gasteiger partial charge in [0.15, 0.2) is 0 Å². The number of hydrogen-bond acceptors (Lipinski definition) is 2. The van der Waals surface area contributed by atoms with E-state index in [1.54, 1.807) is 0 Å². The Morgan fingerprint density at radius 3 is 2.71 bits per heavy atom. The van der Waals surface area contributed by atoms with Crippen molar-refractivity contribution in [2.24, 2.45) is 11.7 Å². The van der Waals surface area contributed by atoms with Gasteiger partial charge in [-0.25, -0.2) is 4.98 Å². The summed E-state index contributed by atoms with van der Waals surface area (Å²) in [6.45, 7) is 7.55. The lowest BCUT2D eigenvalue weighted by molar-refractivity contribution is 0.235. The van der Waals surface area contributed by atoms with Crippen molar-refractivity contribution in [1.82, 2.24) is 9.55 Å². The van der Waals surface area contributed by atoms with E-state index in [2.05, 4.69) is 30.3 Å². The van der Waals surface area contributed by atoms with Crippen molar-refractivity contribution in [3.05, 3.63) is 18.2 Å². The molecule has 2 atom stereocenters. The Balaban J connectivity index is 2.29. The van der Waals surface area contributed by atoms with Gasteiger partial charge in [0, 0.05) is 23.3 Å². The van der Waals surface area contributed by atoms with Gasteiger partial charge in [0.25, 0.3) is 0 Å². The van der Waals surface area contributed by atoms with Gasteiger partial charge in [-0.1, -0.05) is 33.6 Å². The predicted octanol–water partition coefficient (Wildman–Crippen LogP) is 2.87. The minimum absolute atomic E-state index is 0.160. The summed E-state index contributed by atoms with van der Waals surface area (Å²) in [5.41, 5.74) is 7.42. The van der Waals surface area contributed by atoms with E-state index >= 15 is 0 Å². The Hall–Kier alpha value is -0.830. The van der Waals surface area contributed by atoms with Crippen LogP contribution in [0.5, 0.6) is 0 Å². The van der Waals surface area contributed by atoms with E-state index in [-0.39, 0.29) is 5.41 Å². The molecule has 0 bridgehead atoms. The van der Waals surface area contributed by atoms with Crippen LogP contribution >= 0.6 is 0 Å². The molecule has 2 N–H and O–H groups in total. The highest BCUT2D eigenvalue weighted by atomic mass is 15.1. The first-order valence-electron chi connectivity index (χ1n) is 6.76. The predicted molar refractivity (Wildman–Crippen MR) is 71.0 cm³/mol. The van der Waals surface area contributed by atoms with E-state index in [9.17, 15) is 0 Å². The molecule has 1 heterocycles. The molecular formula is C14H25N3. The molecule has 2 unspecified atom stereocenters. The Bertz CT molecular complexity index is 362. The maximum Gasteiger partial charge on any atom is 0.0951 e. The van der Waals surface area contributed by atoms with Crippen LogP contribution in [0.1, 0.15) is 58.2 Å². The summed E-state index contributed by atoms with van der Waals surface area (Å²) < 4.78 is 2.39. The number of rotatable bonds is 2. The average Bonchev–Trinajstić information content (AvgIpc) is 2.77. The topological polar surface area (TPSA) is 43.8 Å². The van der Waals surface area contributed by atoms with Gasteiger partial charge in [0.2, 0.25) is 0 Å². The van der Waals surface area contributed by atoms with Crippen LogP contribution < -0.4 is 5.73 Å². The highest BCUT2D eigenvalue weighted by molar-refractivity contribution is 5.12. The van der Waals surface area contributed by atoms with E-state index in [1.165, 1.54) is 31.4 Å². The number of hydrogen-bond donors (Lipinski definition) is 1. The zero-order valence-corrected chi connectivity index (χ0v) is 11.3. The van der Waals surface area contributed by atoms with Crippen LogP contribution in [-0.4, -0.2) is 16.1 Å². The third kappa shape index (κ3) is 2.54. The van der Waals surface area contributed by atoms with Crippen molar-refractivity contribution in [3.63, 3.8) is 0 Å². The molecule has 1 aliphatic rings. The van der Waals surface area contributed by atoms with Gasteiger partial charge in [0.1, 0.15) is 0 Å². The van der Waals surface area contributed by atoms with Crippen LogP contribution in [0.2, 0.25) is 0 Å². The van der Waals surface area contributed by atoms with E-state index < -0.39 is 0 Å². The standard InChI is InChI=1S/C14H25N3/c1-14(2,3)13-9-16-10-17(13)12-7-5-4-6-11(12)8-15/h9-12H,4-8,15H2,1-3H3. The Morgan fingerprint density at radius 2 is 2.06 bits per heavy atom. The highest BCUT2D eigenvalue weighted by Gasteiger charge is 2.29. The van der Waals surface area contributed by atoms with Crippen molar-refractivity contribution in [1.29, 1.82) is 0 Å². The molecule has 1 aromatic heterocycles. The summed E-state index contributed by atoms with van der Waals surface area (Å²) in [5.74, 6) is 0.624. The van der Waals surface area contributed by atoms with E-state index in [0.717, 1.165) is 6.54 Å². The first kappa shape index (κ1) is 12.6. The number of nitrogens with two attached hydrogens (primary N) is 1. The third-order valence-corrected chi connectivity index (χ3v) is 3.96. The lowest BCUT2D eigenvalue weighted by Gasteiger charge is -2.35. The second-order valence-corrected chi connectivity index (χ2v) is 6.28. The molecule has 3 heteroatoms. The smallest absolute Gasteiger partial charge is 0.0951 e. The molecule has 17 heavy (non-hydrogen) atoms. The van der Waals surface area contributed by atoms with Crippen molar-refractivity contribution < 1.29 is 0 Å².